The van der Waals surface area contributed by atoms with Gasteiger partial charge in [-0.3, -0.25) is 4.68 Å². The van der Waals surface area contributed by atoms with Crippen LogP contribution in [0.25, 0.3) is 0 Å². The van der Waals surface area contributed by atoms with E-state index in [1.807, 2.05) is 42.8 Å². The zero-order valence-electron chi connectivity index (χ0n) is 17.0. The lowest BCUT2D eigenvalue weighted by molar-refractivity contribution is 0.414. The summed E-state index contributed by atoms with van der Waals surface area (Å²) in [6, 6.07) is 14.2. The van der Waals surface area contributed by atoms with Gasteiger partial charge in [-0.05, 0) is 80.9 Å². The Labute approximate surface area is 171 Å². The van der Waals surface area contributed by atoms with Crippen molar-refractivity contribution in [1.82, 2.24) is 9.78 Å². The Kier molecular flexibility index (Phi) is 5.99. The fraction of sp³-hybridized carbons (Fsp3) is 0.273. The summed E-state index contributed by atoms with van der Waals surface area (Å²) in [6.07, 6.45) is 0. The summed E-state index contributed by atoms with van der Waals surface area (Å²) in [5.74, 6) is 0.844. The third-order valence-electron chi connectivity index (χ3n) is 4.85. The molecule has 0 atom stereocenters. The maximum absolute atomic E-state index is 5.51. The van der Waals surface area contributed by atoms with E-state index in [0.29, 0.717) is 11.7 Å². The molecule has 0 aliphatic rings. The number of nitrogens with zero attached hydrogens (tertiary/aromatic N) is 2. The van der Waals surface area contributed by atoms with E-state index in [1.54, 1.807) is 7.11 Å². The molecule has 5 nitrogen and oxygen atoms in total. The molecule has 6 heteroatoms. The van der Waals surface area contributed by atoms with Crippen LogP contribution in [0.1, 0.15) is 28.1 Å². The van der Waals surface area contributed by atoms with Crippen LogP contribution in [-0.2, 0) is 6.54 Å². The van der Waals surface area contributed by atoms with Crippen LogP contribution in [0.2, 0.25) is 0 Å². The highest BCUT2D eigenvalue weighted by Crippen LogP contribution is 2.22. The molecule has 0 fully saturated rings. The van der Waals surface area contributed by atoms with Gasteiger partial charge in [0.25, 0.3) is 0 Å². The summed E-state index contributed by atoms with van der Waals surface area (Å²) >= 11 is 5.51. The number of hydrogen-bond acceptors (Lipinski definition) is 3. The highest BCUT2D eigenvalue weighted by Gasteiger charge is 2.13. The first-order valence-corrected chi connectivity index (χ1v) is 9.60. The maximum atomic E-state index is 5.51. The van der Waals surface area contributed by atoms with Gasteiger partial charge >= 0.3 is 0 Å². The van der Waals surface area contributed by atoms with Gasteiger partial charge < -0.3 is 15.4 Å². The van der Waals surface area contributed by atoms with Gasteiger partial charge in [-0.25, -0.2) is 0 Å². The Morgan fingerprint density at radius 1 is 1.04 bits per heavy atom. The summed E-state index contributed by atoms with van der Waals surface area (Å²) in [7, 11) is 1.67. The van der Waals surface area contributed by atoms with E-state index in [4.69, 9.17) is 17.0 Å². The van der Waals surface area contributed by atoms with Crippen LogP contribution in [0.15, 0.2) is 42.5 Å². The molecule has 0 unspecified atom stereocenters. The molecule has 0 aliphatic carbocycles. The molecule has 0 amide bonds. The molecule has 0 aliphatic heterocycles. The summed E-state index contributed by atoms with van der Waals surface area (Å²) in [5, 5.41) is 11.8. The number of methoxy groups -OCH3 is 1. The van der Waals surface area contributed by atoms with E-state index in [-0.39, 0.29) is 0 Å². The van der Waals surface area contributed by atoms with E-state index in [1.165, 1.54) is 11.1 Å². The van der Waals surface area contributed by atoms with Crippen molar-refractivity contribution in [1.29, 1.82) is 0 Å². The zero-order chi connectivity index (χ0) is 20.3. The number of aryl methyl sites for hydroxylation is 3. The molecule has 0 spiro atoms. The monoisotopic (exact) mass is 394 g/mol. The molecule has 1 aromatic heterocycles. The van der Waals surface area contributed by atoms with Crippen LogP contribution >= 0.6 is 12.2 Å². The van der Waals surface area contributed by atoms with Crippen LogP contribution in [0.3, 0.4) is 0 Å². The molecule has 0 radical (unpaired) electrons. The van der Waals surface area contributed by atoms with E-state index in [9.17, 15) is 0 Å². The molecule has 0 saturated carbocycles. The molecule has 1 heterocycles. The second-order valence-electron chi connectivity index (χ2n) is 6.93. The average molecular weight is 395 g/mol. The number of ether oxygens (including phenoxy) is 1. The summed E-state index contributed by atoms with van der Waals surface area (Å²) in [6.45, 7) is 8.88. The van der Waals surface area contributed by atoms with Crippen molar-refractivity contribution >= 4 is 28.7 Å². The number of nitrogens with one attached hydrogen (secondary N) is 2. The van der Waals surface area contributed by atoms with Crippen molar-refractivity contribution in [2.24, 2.45) is 0 Å². The second-order valence-corrected chi connectivity index (χ2v) is 7.34. The normalized spacial score (nSPS) is 10.6. The Hall–Kier alpha value is -2.86. The molecule has 3 rings (SSSR count). The van der Waals surface area contributed by atoms with Crippen LogP contribution in [0.4, 0.5) is 11.4 Å². The zero-order valence-corrected chi connectivity index (χ0v) is 17.8. The van der Waals surface area contributed by atoms with Crippen LogP contribution in [0, 0.1) is 27.7 Å². The number of anilines is 2. The highest BCUT2D eigenvalue weighted by atomic mass is 32.1. The van der Waals surface area contributed by atoms with E-state index >= 15 is 0 Å². The Morgan fingerprint density at radius 3 is 2.54 bits per heavy atom. The maximum Gasteiger partial charge on any atom is 0.175 e. The van der Waals surface area contributed by atoms with Crippen molar-refractivity contribution in [3.8, 4) is 5.75 Å². The number of benzene rings is 2. The predicted molar refractivity (Wildman–Crippen MR) is 120 cm³/mol. The van der Waals surface area contributed by atoms with Crippen molar-refractivity contribution in [3.63, 3.8) is 0 Å². The fourth-order valence-corrected chi connectivity index (χ4v) is 3.29. The van der Waals surface area contributed by atoms with Crippen molar-refractivity contribution in [2.75, 3.05) is 17.7 Å². The molecule has 0 saturated heterocycles. The second kappa shape index (κ2) is 8.44. The molecule has 3 aromatic rings. The molecule has 28 heavy (non-hydrogen) atoms. The van der Waals surface area contributed by atoms with E-state index < -0.39 is 0 Å². The van der Waals surface area contributed by atoms with Crippen LogP contribution in [-0.4, -0.2) is 22.0 Å². The van der Waals surface area contributed by atoms with Gasteiger partial charge in [-0.2, -0.15) is 5.10 Å². The minimum Gasteiger partial charge on any atom is -0.497 e. The first-order valence-electron chi connectivity index (χ1n) is 9.19. The van der Waals surface area contributed by atoms with Gasteiger partial charge in [-0.15, -0.1) is 0 Å². The topological polar surface area (TPSA) is 51.1 Å². The smallest absolute Gasteiger partial charge is 0.175 e. The van der Waals surface area contributed by atoms with Gasteiger partial charge in [-0.1, -0.05) is 18.2 Å². The number of rotatable bonds is 5. The Bertz CT molecular complexity index is 1010. The van der Waals surface area contributed by atoms with Crippen LogP contribution in [0.5, 0.6) is 5.75 Å². The largest absolute Gasteiger partial charge is 0.497 e. The summed E-state index contributed by atoms with van der Waals surface area (Å²) in [5.41, 5.74) is 7.46. The molecule has 2 aromatic carbocycles. The average Bonchev–Trinajstić information content (AvgIpc) is 2.92. The molecular weight excluding hydrogens is 368 g/mol. The summed E-state index contributed by atoms with van der Waals surface area (Å²) in [4.78, 5) is 0. The third kappa shape index (κ3) is 4.51. The van der Waals surface area contributed by atoms with Gasteiger partial charge in [0.1, 0.15) is 5.75 Å². The lowest BCUT2D eigenvalue weighted by Gasteiger charge is -2.12. The van der Waals surface area contributed by atoms with Crippen molar-refractivity contribution in [2.45, 2.75) is 34.2 Å². The number of thiocarbonyl (C=S) groups is 1. The number of hydrogen-bond donors (Lipinski definition) is 2. The molecule has 2 N–H and O–H groups in total. The van der Waals surface area contributed by atoms with Crippen molar-refractivity contribution < 1.29 is 4.74 Å². The lowest BCUT2D eigenvalue weighted by Crippen LogP contribution is -2.20. The quantitative estimate of drug-likeness (QED) is 0.598. The van der Waals surface area contributed by atoms with Gasteiger partial charge in [0.05, 0.1) is 30.7 Å². The molecule has 0 bridgehead atoms. The highest BCUT2D eigenvalue weighted by molar-refractivity contribution is 7.80. The Balaban J connectivity index is 1.73. The standard InChI is InChI=1S/C22H26N4OS/c1-14-9-10-19(11-15(14)2)23-22(28)24-21-16(3)25-26(17(21)4)13-18-7-6-8-20(12-18)27-5/h6-12H,13H2,1-5H3,(H2,23,24,28). The lowest BCUT2D eigenvalue weighted by atomic mass is 10.1. The minimum atomic E-state index is 0.551. The van der Waals surface area contributed by atoms with E-state index in [2.05, 4.69) is 47.8 Å². The van der Waals surface area contributed by atoms with Crippen molar-refractivity contribution in [3.05, 3.63) is 70.5 Å². The van der Waals surface area contributed by atoms with Gasteiger partial charge in [0.2, 0.25) is 0 Å². The van der Waals surface area contributed by atoms with Gasteiger partial charge in [0, 0.05) is 5.69 Å². The first-order chi connectivity index (χ1) is 13.4. The minimum absolute atomic E-state index is 0.551. The van der Waals surface area contributed by atoms with Gasteiger partial charge in [0.15, 0.2) is 5.11 Å². The fourth-order valence-electron chi connectivity index (χ4n) is 3.07. The third-order valence-corrected chi connectivity index (χ3v) is 5.06. The Morgan fingerprint density at radius 2 is 1.82 bits per heavy atom. The first kappa shape index (κ1) is 19.9. The summed E-state index contributed by atoms with van der Waals surface area (Å²) < 4.78 is 7.29. The van der Waals surface area contributed by atoms with Crippen LogP contribution < -0.4 is 15.4 Å². The predicted octanol–water partition coefficient (Wildman–Crippen LogP) is 4.98. The number of aromatic nitrogens is 2. The molecule has 146 valence electrons. The van der Waals surface area contributed by atoms with E-state index in [0.717, 1.165) is 34.1 Å². The molecular formula is C22H26N4OS. The SMILES string of the molecule is COc1cccc(Cn2nc(C)c(NC(=S)Nc3ccc(C)c(C)c3)c2C)c1.